The Morgan fingerprint density at radius 2 is 1.77 bits per heavy atom. The van der Waals surface area contributed by atoms with Crippen molar-refractivity contribution in [1.82, 2.24) is 35.4 Å². The second kappa shape index (κ2) is 19.2. The minimum Gasteiger partial charge on any atom is -0.481 e. The third-order valence-electron chi connectivity index (χ3n) is 10.1. The zero-order valence-corrected chi connectivity index (χ0v) is 32.1. The number of carbonyl (C=O) groups excluding carboxylic acids is 4. The third kappa shape index (κ3) is 11.5. The van der Waals surface area contributed by atoms with Crippen molar-refractivity contribution in [3.63, 3.8) is 0 Å². The van der Waals surface area contributed by atoms with Crippen LogP contribution in [0.15, 0.2) is 23.8 Å². The van der Waals surface area contributed by atoms with Gasteiger partial charge in [0.25, 0.3) is 5.91 Å². The average Bonchev–Trinajstić information content (AvgIpc) is 3.84. The molecule has 6 atom stereocenters. The highest BCUT2D eigenvalue weighted by Crippen LogP contribution is 2.36. The van der Waals surface area contributed by atoms with E-state index in [-0.39, 0.29) is 54.3 Å². The van der Waals surface area contributed by atoms with E-state index in [0.717, 1.165) is 45.2 Å². The molecule has 0 radical (unpaired) electrons. The molecule has 1 saturated heterocycles. The van der Waals surface area contributed by atoms with E-state index in [9.17, 15) is 29.1 Å². The van der Waals surface area contributed by atoms with Gasteiger partial charge in [0.05, 0.1) is 12.0 Å². The van der Waals surface area contributed by atoms with E-state index in [0.29, 0.717) is 23.7 Å². The Kier molecular flexibility index (Phi) is 15.1. The summed E-state index contributed by atoms with van der Waals surface area (Å²) >= 11 is 1.18. The maximum absolute atomic E-state index is 14.1. The van der Waals surface area contributed by atoms with Crippen LogP contribution in [0.1, 0.15) is 113 Å². The van der Waals surface area contributed by atoms with Gasteiger partial charge in [-0.2, -0.15) is 0 Å². The van der Waals surface area contributed by atoms with Crippen molar-refractivity contribution < 1.29 is 33.8 Å². The molecular formula is C37H55N7O7S. The lowest BCUT2D eigenvalue weighted by Crippen LogP contribution is -2.57. The highest BCUT2D eigenvalue weighted by atomic mass is 32.1. The summed E-state index contributed by atoms with van der Waals surface area (Å²) in [7, 11) is 1.73. The van der Waals surface area contributed by atoms with Crippen LogP contribution in [-0.4, -0.2) is 104 Å². The van der Waals surface area contributed by atoms with Crippen LogP contribution in [0.3, 0.4) is 0 Å². The summed E-state index contributed by atoms with van der Waals surface area (Å²) in [6, 6.07) is -0.0187. The van der Waals surface area contributed by atoms with E-state index in [1.807, 2.05) is 13.8 Å². The number of likely N-dealkylation sites (N-methyl/N-ethyl adjacent to an activating group) is 2. The number of aromatic nitrogens is 3. The second-order valence-electron chi connectivity index (χ2n) is 14.5. The van der Waals surface area contributed by atoms with Crippen molar-refractivity contribution in [3.8, 4) is 0 Å². The average molecular weight is 742 g/mol. The first kappa shape index (κ1) is 40.8. The van der Waals surface area contributed by atoms with Gasteiger partial charge in [-0.15, -0.1) is 11.3 Å². The molecule has 2 fully saturated rings. The predicted molar refractivity (Wildman–Crippen MR) is 195 cm³/mol. The molecule has 3 amide bonds. The van der Waals surface area contributed by atoms with Crippen LogP contribution in [0.5, 0.6) is 0 Å². The molecule has 1 aliphatic carbocycles. The van der Waals surface area contributed by atoms with E-state index in [4.69, 9.17) is 4.74 Å². The Morgan fingerprint density at radius 1 is 1.06 bits per heavy atom. The summed E-state index contributed by atoms with van der Waals surface area (Å²) in [5.74, 6) is -2.29. The molecule has 14 nitrogen and oxygen atoms in total. The quantitative estimate of drug-likeness (QED) is 0.177. The molecule has 2 aliphatic rings. The van der Waals surface area contributed by atoms with Gasteiger partial charge in [0.1, 0.15) is 22.6 Å². The van der Waals surface area contributed by atoms with Crippen molar-refractivity contribution in [1.29, 1.82) is 0 Å². The number of aryl methyl sites for hydroxylation is 1. The largest absolute Gasteiger partial charge is 0.481 e. The maximum Gasteiger partial charge on any atom is 0.306 e. The topological polar surface area (TPSA) is 184 Å². The number of esters is 1. The number of amides is 3. The van der Waals surface area contributed by atoms with E-state index in [1.54, 1.807) is 42.7 Å². The molecule has 52 heavy (non-hydrogen) atoms. The van der Waals surface area contributed by atoms with E-state index in [1.165, 1.54) is 18.3 Å². The van der Waals surface area contributed by atoms with Gasteiger partial charge >= 0.3 is 11.9 Å². The molecule has 286 valence electrons. The second-order valence-corrected chi connectivity index (χ2v) is 15.4. The molecule has 4 rings (SSSR count). The number of carbonyl (C=O) groups is 5. The minimum atomic E-state index is -0.961. The summed E-state index contributed by atoms with van der Waals surface area (Å²) in [4.78, 5) is 81.9. The minimum absolute atomic E-state index is 0.0372. The van der Waals surface area contributed by atoms with Gasteiger partial charge in [-0.3, -0.25) is 28.9 Å². The number of nitrogens with zero attached hydrogens (tertiary/aromatic N) is 5. The van der Waals surface area contributed by atoms with Gasteiger partial charge in [-0.25, -0.2) is 15.0 Å². The number of aliphatic carboxylic acids is 1. The number of carboxylic acids is 1. The number of likely N-dealkylation sites (tertiary alicyclic amines) is 1. The standard InChI is InChI=1S/C37H55N7O7S/c1-7-44-18-9-8-11-28(44)34(47)42-32(25-12-13-25)36(48)43(6)29(22(2)3)20-30(51-24(5)45)35-41-27(21-52-35)33(46)40-26(19-23(4)37(49)50)14-15-31-38-16-10-17-39-31/h10,16-17,21-23,25-26,28-30,32H,7-9,11-15,18-20H2,1-6H3,(H,40,46)(H,42,47)(H,49,50)/t23-,26-,28+,29+,30+,32-/m0/s1. The zero-order valence-electron chi connectivity index (χ0n) is 31.2. The number of carboxylic acid groups (broad SMARTS) is 1. The number of hydrogen-bond donors (Lipinski definition) is 3. The predicted octanol–water partition coefficient (Wildman–Crippen LogP) is 4.02. The van der Waals surface area contributed by atoms with Crippen LogP contribution in [-0.2, 0) is 30.3 Å². The first-order valence-corrected chi connectivity index (χ1v) is 19.4. The fourth-order valence-electron chi connectivity index (χ4n) is 6.94. The molecule has 3 N–H and O–H groups in total. The van der Waals surface area contributed by atoms with E-state index >= 15 is 0 Å². The molecule has 3 heterocycles. The molecule has 0 bridgehead atoms. The van der Waals surface area contributed by atoms with E-state index < -0.39 is 42.0 Å². The van der Waals surface area contributed by atoms with Crippen molar-refractivity contribution >= 4 is 41.0 Å². The van der Waals surface area contributed by atoms with Gasteiger partial charge < -0.3 is 25.4 Å². The Morgan fingerprint density at radius 3 is 2.38 bits per heavy atom. The fourth-order valence-corrected chi connectivity index (χ4v) is 7.78. The lowest BCUT2D eigenvalue weighted by atomic mass is 9.95. The Hall–Kier alpha value is -3.98. The maximum atomic E-state index is 14.1. The molecule has 0 aromatic carbocycles. The number of rotatable bonds is 19. The summed E-state index contributed by atoms with van der Waals surface area (Å²) in [6.45, 7) is 10.6. The van der Waals surface area contributed by atoms with Crippen LogP contribution >= 0.6 is 11.3 Å². The number of nitrogens with one attached hydrogen (secondary N) is 2. The monoisotopic (exact) mass is 741 g/mol. The third-order valence-corrected chi connectivity index (χ3v) is 11.1. The number of piperidine rings is 1. The molecular weight excluding hydrogens is 687 g/mol. The fraction of sp³-hybridized carbons (Fsp3) is 0.676. The summed E-state index contributed by atoms with van der Waals surface area (Å²) < 4.78 is 5.76. The van der Waals surface area contributed by atoms with Crippen LogP contribution in [0, 0.1) is 17.8 Å². The molecule has 0 spiro atoms. The summed E-state index contributed by atoms with van der Waals surface area (Å²) in [5, 5.41) is 17.6. The Bertz CT molecular complexity index is 1520. The van der Waals surface area contributed by atoms with Crippen LogP contribution < -0.4 is 10.6 Å². The normalized spacial score (nSPS) is 19.2. The Balaban J connectivity index is 1.47. The highest BCUT2D eigenvalue weighted by molar-refractivity contribution is 7.09. The molecule has 15 heteroatoms. The lowest BCUT2D eigenvalue weighted by Gasteiger charge is -2.37. The van der Waals surface area contributed by atoms with Crippen molar-refractivity contribution in [2.24, 2.45) is 17.8 Å². The van der Waals surface area contributed by atoms with Crippen LogP contribution in [0.4, 0.5) is 0 Å². The number of thiazole rings is 1. The van der Waals surface area contributed by atoms with Crippen molar-refractivity contribution in [2.45, 2.75) is 123 Å². The molecule has 2 aromatic rings. The molecule has 0 unspecified atom stereocenters. The first-order chi connectivity index (χ1) is 24.8. The molecule has 1 aliphatic heterocycles. The lowest BCUT2D eigenvalue weighted by molar-refractivity contribution is -0.149. The Labute approximate surface area is 310 Å². The SMILES string of the molecule is CCN1CCCC[C@@H]1C(=O)N[C@H](C(=O)N(C)[C@H](C[C@@H](OC(C)=O)c1nc(C(=O)N[C@@H](CCc2ncccn2)C[C@H](C)C(=O)O)cs1)C(C)C)C1CC1. The summed E-state index contributed by atoms with van der Waals surface area (Å²) in [5.41, 5.74) is 0.118. The smallest absolute Gasteiger partial charge is 0.306 e. The number of hydrogen-bond acceptors (Lipinski definition) is 11. The van der Waals surface area contributed by atoms with Gasteiger partial charge in [0, 0.05) is 56.7 Å². The van der Waals surface area contributed by atoms with Crippen LogP contribution in [0.2, 0.25) is 0 Å². The zero-order chi connectivity index (χ0) is 37.9. The van der Waals surface area contributed by atoms with Gasteiger partial charge in [0.2, 0.25) is 11.8 Å². The summed E-state index contributed by atoms with van der Waals surface area (Å²) in [6.07, 6.45) is 8.30. The van der Waals surface area contributed by atoms with Gasteiger partial charge in [-0.05, 0) is 69.5 Å². The first-order valence-electron chi connectivity index (χ1n) is 18.5. The van der Waals surface area contributed by atoms with Gasteiger partial charge in [-0.1, -0.05) is 34.1 Å². The molecule has 2 aromatic heterocycles. The van der Waals surface area contributed by atoms with Crippen LogP contribution in [0.25, 0.3) is 0 Å². The molecule has 1 saturated carbocycles. The number of ether oxygens (including phenoxy) is 1. The highest BCUT2D eigenvalue weighted by Gasteiger charge is 2.42. The van der Waals surface area contributed by atoms with Gasteiger partial charge in [0.15, 0.2) is 6.10 Å². The van der Waals surface area contributed by atoms with Crippen molar-refractivity contribution in [3.05, 3.63) is 40.4 Å². The van der Waals surface area contributed by atoms with Crippen molar-refractivity contribution in [2.75, 3.05) is 20.1 Å². The van der Waals surface area contributed by atoms with E-state index in [2.05, 4.69) is 37.4 Å².